The molecular formula is C18H27ClN2O3. The number of halogens is 1. The number of benzene rings is 1. The van der Waals surface area contributed by atoms with E-state index in [1.165, 1.54) is 0 Å². The molecule has 0 unspecified atom stereocenters. The van der Waals surface area contributed by atoms with E-state index < -0.39 is 0 Å². The number of fused-ring (bicyclic) bond motifs is 1. The molecule has 1 N–H and O–H groups in total. The van der Waals surface area contributed by atoms with Crippen LogP contribution in [0, 0.1) is 0 Å². The van der Waals surface area contributed by atoms with Gasteiger partial charge in [-0.3, -0.25) is 4.90 Å². The van der Waals surface area contributed by atoms with Crippen LogP contribution >= 0.6 is 11.6 Å². The van der Waals surface area contributed by atoms with Gasteiger partial charge in [0.15, 0.2) is 11.5 Å². The second kappa shape index (κ2) is 8.39. The molecule has 0 amide bonds. The van der Waals surface area contributed by atoms with Crippen LogP contribution in [0.1, 0.15) is 25.8 Å². The quantitative estimate of drug-likeness (QED) is 0.823. The predicted octanol–water partition coefficient (Wildman–Crippen LogP) is 2.70. The Labute approximate surface area is 149 Å². The maximum atomic E-state index is 6.33. The molecule has 5 nitrogen and oxygen atoms in total. The molecule has 1 saturated heterocycles. The lowest BCUT2D eigenvalue weighted by atomic mass is 10.2. The number of ether oxygens (including phenoxy) is 3. The van der Waals surface area contributed by atoms with Gasteiger partial charge in [-0.25, -0.2) is 0 Å². The van der Waals surface area contributed by atoms with Crippen LogP contribution in [0.4, 0.5) is 0 Å². The number of morpholine rings is 1. The van der Waals surface area contributed by atoms with Crippen molar-refractivity contribution >= 4 is 11.6 Å². The van der Waals surface area contributed by atoms with Gasteiger partial charge in [-0.05, 0) is 31.5 Å². The monoisotopic (exact) mass is 354 g/mol. The van der Waals surface area contributed by atoms with Gasteiger partial charge in [-0.1, -0.05) is 11.6 Å². The standard InChI is InChI=1S/C18H27ClN2O3/c1-13-11-21(12-14(2)24-13)5-4-20-10-15-8-16(19)18-17(9-15)22-6-3-7-23-18/h8-9,13-14,20H,3-7,10-12H2,1-2H3/t13-,14-/m0/s1. The molecule has 1 aromatic carbocycles. The zero-order chi connectivity index (χ0) is 16.9. The first-order valence-electron chi connectivity index (χ1n) is 8.78. The second-order valence-electron chi connectivity index (χ2n) is 6.65. The molecule has 3 rings (SSSR count). The summed E-state index contributed by atoms with van der Waals surface area (Å²) in [5.41, 5.74) is 1.12. The summed E-state index contributed by atoms with van der Waals surface area (Å²) in [6.07, 6.45) is 1.51. The number of rotatable bonds is 5. The summed E-state index contributed by atoms with van der Waals surface area (Å²) in [6.45, 7) is 10.3. The third-order valence-corrected chi connectivity index (χ3v) is 4.57. The molecule has 0 radical (unpaired) electrons. The van der Waals surface area contributed by atoms with Gasteiger partial charge in [0, 0.05) is 39.1 Å². The van der Waals surface area contributed by atoms with E-state index in [9.17, 15) is 0 Å². The van der Waals surface area contributed by atoms with E-state index in [1.807, 2.05) is 12.1 Å². The summed E-state index contributed by atoms with van der Waals surface area (Å²) in [7, 11) is 0. The molecule has 2 atom stereocenters. The smallest absolute Gasteiger partial charge is 0.179 e. The Morgan fingerprint density at radius 1 is 1.17 bits per heavy atom. The van der Waals surface area contributed by atoms with Crippen LogP contribution in [0.5, 0.6) is 11.5 Å². The molecule has 1 fully saturated rings. The second-order valence-corrected chi connectivity index (χ2v) is 7.06. The van der Waals surface area contributed by atoms with E-state index in [1.54, 1.807) is 0 Å². The maximum absolute atomic E-state index is 6.33. The molecule has 0 saturated carbocycles. The topological polar surface area (TPSA) is 43.0 Å². The molecule has 0 spiro atoms. The van der Waals surface area contributed by atoms with Crippen molar-refractivity contribution in [2.24, 2.45) is 0 Å². The molecular weight excluding hydrogens is 328 g/mol. The van der Waals surface area contributed by atoms with Gasteiger partial charge in [0.1, 0.15) is 0 Å². The molecule has 0 aliphatic carbocycles. The van der Waals surface area contributed by atoms with Crippen molar-refractivity contribution in [3.8, 4) is 11.5 Å². The Kier molecular flexibility index (Phi) is 6.22. The van der Waals surface area contributed by atoms with E-state index in [2.05, 4.69) is 24.1 Å². The summed E-state index contributed by atoms with van der Waals surface area (Å²) in [6, 6.07) is 3.99. The van der Waals surface area contributed by atoms with Gasteiger partial charge in [0.2, 0.25) is 0 Å². The predicted molar refractivity (Wildman–Crippen MR) is 95.2 cm³/mol. The molecule has 2 aliphatic rings. The first-order chi connectivity index (χ1) is 11.6. The van der Waals surface area contributed by atoms with Crippen molar-refractivity contribution in [1.82, 2.24) is 10.2 Å². The molecule has 1 aromatic rings. The van der Waals surface area contributed by atoms with Gasteiger partial charge in [0.05, 0.1) is 30.4 Å². The van der Waals surface area contributed by atoms with Gasteiger partial charge in [-0.15, -0.1) is 0 Å². The highest BCUT2D eigenvalue weighted by Crippen LogP contribution is 2.37. The fraction of sp³-hybridized carbons (Fsp3) is 0.667. The van der Waals surface area contributed by atoms with E-state index >= 15 is 0 Å². The number of nitrogens with one attached hydrogen (secondary N) is 1. The normalized spacial score (nSPS) is 24.6. The molecule has 2 aliphatic heterocycles. The van der Waals surface area contributed by atoms with Crippen LogP contribution < -0.4 is 14.8 Å². The van der Waals surface area contributed by atoms with Crippen molar-refractivity contribution in [2.75, 3.05) is 39.4 Å². The van der Waals surface area contributed by atoms with Crippen LogP contribution in [0.25, 0.3) is 0 Å². The van der Waals surface area contributed by atoms with E-state index in [4.69, 9.17) is 25.8 Å². The van der Waals surface area contributed by atoms with Crippen molar-refractivity contribution in [3.63, 3.8) is 0 Å². The maximum Gasteiger partial charge on any atom is 0.179 e. The Balaban J connectivity index is 1.48. The molecule has 24 heavy (non-hydrogen) atoms. The highest BCUT2D eigenvalue weighted by molar-refractivity contribution is 6.32. The minimum Gasteiger partial charge on any atom is -0.489 e. The molecule has 0 aromatic heterocycles. The number of hydrogen-bond acceptors (Lipinski definition) is 5. The molecule has 2 heterocycles. The molecule has 6 heteroatoms. The zero-order valence-corrected chi connectivity index (χ0v) is 15.3. The van der Waals surface area contributed by atoms with Crippen molar-refractivity contribution in [2.45, 2.75) is 39.0 Å². The lowest BCUT2D eigenvalue weighted by Gasteiger charge is -2.35. The van der Waals surface area contributed by atoms with E-state index in [0.29, 0.717) is 36.2 Å². The lowest BCUT2D eigenvalue weighted by Crippen LogP contribution is -2.47. The van der Waals surface area contributed by atoms with Crippen LogP contribution in [0.3, 0.4) is 0 Å². The Morgan fingerprint density at radius 2 is 1.92 bits per heavy atom. The summed E-state index contributed by atoms with van der Waals surface area (Å²) in [5, 5.41) is 4.12. The number of hydrogen-bond donors (Lipinski definition) is 1. The fourth-order valence-electron chi connectivity index (χ4n) is 3.32. The van der Waals surface area contributed by atoms with Crippen LogP contribution in [-0.4, -0.2) is 56.5 Å². The molecule has 134 valence electrons. The Morgan fingerprint density at radius 3 is 2.71 bits per heavy atom. The third-order valence-electron chi connectivity index (χ3n) is 4.29. The van der Waals surface area contributed by atoms with Crippen molar-refractivity contribution in [3.05, 3.63) is 22.7 Å². The van der Waals surface area contributed by atoms with Crippen molar-refractivity contribution < 1.29 is 14.2 Å². The van der Waals surface area contributed by atoms with E-state index in [0.717, 1.165) is 50.5 Å². The largest absolute Gasteiger partial charge is 0.489 e. The SMILES string of the molecule is C[C@H]1CN(CCNCc2cc(Cl)c3c(c2)OCCCO3)C[C@H](C)O1. The Hall–Kier alpha value is -1.01. The average molecular weight is 355 g/mol. The fourth-order valence-corrected chi connectivity index (χ4v) is 3.61. The highest BCUT2D eigenvalue weighted by atomic mass is 35.5. The van der Waals surface area contributed by atoms with Crippen LogP contribution in [0.15, 0.2) is 12.1 Å². The van der Waals surface area contributed by atoms with Crippen molar-refractivity contribution in [1.29, 1.82) is 0 Å². The lowest BCUT2D eigenvalue weighted by molar-refractivity contribution is -0.0674. The van der Waals surface area contributed by atoms with Crippen LogP contribution in [0.2, 0.25) is 5.02 Å². The number of nitrogens with zero attached hydrogens (tertiary/aromatic N) is 1. The first-order valence-corrected chi connectivity index (χ1v) is 9.16. The van der Waals surface area contributed by atoms with E-state index in [-0.39, 0.29) is 0 Å². The van der Waals surface area contributed by atoms with Gasteiger partial charge in [0.25, 0.3) is 0 Å². The third kappa shape index (κ3) is 4.76. The van der Waals surface area contributed by atoms with Gasteiger partial charge < -0.3 is 19.5 Å². The van der Waals surface area contributed by atoms with Gasteiger partial charge >= 0.3 is 0 Å². The average Bonchev–Trinajstić information content (AvgIpc) is 2.76. The summed E-state index contributed by atoms with van der Waals surface area (Å²) < 4.78 is 17.2. The Bertz CT molecular complexity index is 545. The molecule has 0 bridgehead atoms. The zero-order valence-electron chi connectivity index (χ0n) is 14.5. The first kappa shape index (κ1) is 17.8. The highest BCUT2D eigenvalue weighted by Gasteiger charge is 2.21. The summed E-state index contributed by atoms with van der Waals surface area (Å²) in [5.74, 6) is 1.43. The van der Waals surface area contributed by atoms with Crippen LogP contribution in [-0.2, 0) is 11.3 Å². The minimum absolute atomic E-state index is 0.314. The summed E-state index contributed by atoms with van der Waals surface area (Å²) >= 11 is 6.33. The van der Waals surface area contributed by atoms with Gasteiger partial charge in [-0.2, -0.15) is 0 Å². The summed E-state index contributed by atoms with van der Waals surface area (Å²) in [4.78, 5) is 2.45. The minimum atomic E-state index is 0.314.